The Hall–Kier alpha value is -1.47. The van der Waals surface area contributed by atoms with Crippen LogP contribution >= 0.6 is 0 Å². The molecule has 1 fully saturated rings. The molecule has 2 N–H and O–H groups in total. The van der Waals surface area contributed by atoms with Crippen molar-refractivity contribution in [2.75, 3.05) is 19.6 Å². The highest BCUT2D eigenvalue weighted by Gasteiger charge is 2.41. The lowest BCUT2D eigenvalue weighted by molar-refractivity contribution is -0.910. The minimum absolute atomic E-state index is 0.101. The van der Waals surface area contributed by atoms with Crippen molar-refractivity contribution in [3.05, 3.63) is 35.6 Å². The van der Waals surface area contributed by atoms with Gasteiger partial charge in [0.1, 0.15) is 12.4 Å². The van der Waals surface area contributed by atoms with E-state index >= 15 is 0 Å². The number of aliphatic hydroxyl groups is 1. The molecular formula is C15H18F4NO2+. The van der Waals surface area contributed by atoms with Crippen molar-refractivity contribution in [3.8, 4) is 0 Å². The normalized spacial score (nSPS) is 24.0. The van der Waals surface area contributed by atoms with E-state index in [4.69, 9.17) is 5.11 Å². The van der Waals surface area contributed by atoms with Gasteiger partial charge in [0.25, 0.3) is 0 Å². The predicted molar refractivity (Wildman–Crippen MR) is 71.1 cm³/mol. The average Bonchev–Trinajstić information content (AvgIpc) is 2.47. The minimum atomic E-state index is -4.60. The number of alkyl halides is 3. The molecule has 0 spiro atoms. The number of nitrogens with one attached hydrogen (secondary N) is 1. The Morgan fingerprint density at radius 2 is 1.77 bits per heavy atom. The van der Waals surface area contributed by atoms with Gasteiger partial charge in [-0.1, -0.05) is 0 Å². The first-order chi connectivity index (χ1) is 10.3. The molecule has 0 saturated carbocycles. The topological polar surface area (TPSA) is 41.7 Å². The largest absolute Gasteiger partial charge is 0.419 e. The molecule has 2 rings (SSSR count). The lowest BCUT2D eigenvalue weighted by atomic mass is 9.89. The van der Waals surface area contributed by atoms with Crippen molar-refractivity contribution in [1.29, 1.82) is 0 Å². The summed E-state index contributed by atoms with van der Waals surface area (Å²) < 4.78 is 49.8. The van der Waals surface area contributed by atoms with Crippen LogP contribution in [0.15, 0.2) is 24.3 Å². The molecule has 1 aromatic carbocycles. The number of aliphatic hydroxyl groups excluding tert-OH is 1. The van der Waals surface area contributed by atoms with Crippen LogP contribution in [-0.2, 0) is 0 Å². The highest BCUT2D eigenvalue weighted by molar-refractivity contribution is 5.97. The fraction of sp³-hybridized carbons (Fsp3) is 0.533. The zero-order chi connectivity index (χ0) is 16.3. The van der Waals surface area contributed by atoms with Crippen LogP contribution in [0.2, 0.25) is 0 Å². The SMILES string of the molecule is O=C(c1ccc(F)cc1)C1CC[NH+](C[C@@H](O)C(F)(F)F)CC1. The molecule has 0 unspecified atom stereocenters. The lowest BCUT2D eigenvalue weighted by Crippen LogP contribution is -3.14. The van der Waals surface area contributed by atoms with Crippen molar-refractivity contribution in [2.24, 2.45) is 5.92 Å². The predicted octanol–water partition coefficient (Wildman–Crippen LogP) is 1.23. The van der Waals surface area contributed by atoms with Gasteiger partial charge in [0, 0.05) is 24.3 Å². The quantitative estimate of drug-likeness (QED) is 0.647. The third-order valence-electron chi connectivity index (χ3n) is 4.05. The summed E-state index contributed by atoms with van der Waals surface area (Å²) in [7, 11) is 0. The first-order valence-electron chi connectivity index (χ1n) is 7.15. The molecule has 0 amide bonds. The minimum Gasteiger partial charge on any atom is -0.379 e. The summed E-state index contributed by atoms with van der Waals surface area (Å²) in [6.45, 7) is 0.427. The highest BCUT2D eigenvalue weighted by Crippen LogP contribution is 2.20. The van der Waals surface area contributed by atoms with Crippen LogP contribution in [0.25, 0.3) is 0 Å². The maximum Gasteiger partial charge on any atom is 0.419 e. The van der Waals surface area contributed by atoms with Gasteiger partial charge in [-0.25, -0.2) is 4.39 Å². The average molecular weight is 320 g/mol. The number of carbonyl (C=O) groups is 1. The number of piperidine rings is 1. The van der Waals surface area contributed by atoms with Gasteiger partial charge in [0.15, 0.2) is 11.9 Å². The fourth-order valence-electron chi connectivity index (χ4n) is 2.73. The second-order valence-electron chi connectivity index (χ2n) is 5.66. The summed E-state index contributed by atoms with van der Waals surface area (Å²) in [6.07, 6.45) is -5.99. The molecule has 122 valence electrons. The van der Waals surface area contributed by atoms with E-state index in [-0.39, 0.29) is 18.2 Å². The summed E-state index contributed by atoms with van der Waals surface area (Å²) in [5, 5.41) is 9.07. The third kappa shape index (κ3) is 4.27. The molecule has 0 bridgehead atoms. The van der Waals surface area contributed by atoms with Crippen molar-refractivity contribution in [1.82, 2.24) is 0 Å². The highest BCUT2D eigenvalue weighted by atomic mass is 19.4. The first kappa shape index (κ1) is 16.9. The Morgan fingerprint density at radius 1 is 1.23 bits per heavy atom. The molecule has 22 heavy (non-hydrogen) atoms. The molecule has 0 aliphatic carbocycles. The van der Waals surface area contributed by atoms with Crippen LogP contribution in [0.4, 0.5) is 17.6 Å². The molecule has 3 nitrogen and oxygen atoms in total. The van der Waals surface area contributed by atoms with Gasteiger partial charge in [-0.05, 0) is 24.3 Å². The molecule has 1 saturated heterocycles. The number of likely N-dealkylation sites (tertiary alicyclic amines) is 1. The van der Waals surface area contributed by atoms with Crippen molar-refractivity contribution in [3.63, 3.8) is 0 Å². The maximum absolute atomic E-state index is 12.8. The molecule has 1 heterocycles. The lowest BCUT2D eigenvalue weighted by Gasteiger charge is -2.30. The molecular weight excluding hydrogens is 302 g/mol. The van der Waals surface area contributed by atoms with E-state index in [0.29, 0.717) is 36.4 Å². The summed E-state index contributed by atoms with van der Waals surface area (Å²) in [5.41, 5.74) is 0.421. The van der Waals surface area contributed by atoms with Gasteiger partial charge < -0.3 is 10.0 Å². The van der Waals surface area contributed by atoms with Gasteiger partial charge in [-0.2, -0.15) is 13.2 Å². The standard InChI is InChI=1S/C15H17F4NO2/c16-12-3-1-10(2-4-12)14(22)11-5-7-20(8-6-11)9-13(21)15(17,18)19/h1-4,11,13,21H,5-9H2/p+1/t13-/m1/s1. The second-order valence-corrected chi connectivity index (χ2v) is 5.66. The van der Waals surface area contributed by atoms with Crippen LogP contribution in [0.3, 0.4) is 0 Å². The van der Waals surface area contributed by atoms with Crippen LogP contribution < -0.4 is 4.90 Å². The molecule has 1 atom stereocenters. The van der Waals surface area contributed by atoms with E-state index in [2.05, 4.69) is 0 Å². The van der Waals surface area contributed by atoms with Crippen molar-refractivity contribution in [2.45, 2.75) is 25.1 Å². The van der Waals surface area contributed by atoms with Crippen molar-refractivity contribution < 1.29 is 32.4 Å². The number of Topliss-reactive ketones (excluding diaryl/α,β-unsaturated/α-hetero) is 1. The fourth-order valence-corrected chi connectivity index (χ4v) is 2.73. The molecule has 1 aliphatic heterocycles. The Morgan fingerprint density at radius 3 is 2.27 bits per heavy atom. The van der Waals surface area contributed by atoms with E-state index in [0.717, 1.165) is 0 Å². The summed E-state index contributed by atoms with van der Waals surface area (Å²) in [5.74, 6) is -0.774. The van der Waals surface area contributed by atoms with E-state index in [1.165, 1.54) is 24.3 Å². The number of quaternary nitrogens is 1. The van der Waals surface area contributed by atoms with Gasteiger partial charge in [0.05, 0.1) is 13.1 Å². The van der Waals surface area contributed by atoms with E-state index in [1.807, 2.05) is 0 Å². The molecule has 1 aliphatic rings. The zero-order valence-electron chi connectivity index (χ0n) is 11.9. The van der Waals surface area contributed by atoms with Gasteiger partial charge >= 0.3 is 6.18 Å². The number of ketones is 1. The smallest absolute Gasteiger partial charge is 0.379 e. The number of hydrogen-bond acceptors (Lipinski definition) is 2. The Kier molecular flexibility index (Phi) is 5.18. The molecule has 0 radical (unpaired) electrons. The zero-order valence-corrected chi connectivity index (χ0v) is 11.9. The molecule has 1 aromatic rings. The molecule has 7 heteroatoms. The van der Waals surface area contributed by atoms with E-state index < -0.39 is 18.1 Å². The third-order valence-corrected chi connectivity index (χ3v) is 4.05. The number of rotatable bonds is 4. The summed E-state index contributed by atoms with van der Waals surface area (Å²) in [6, 6.07) is 5.27. The maximum atomic E-state index is 12.8. The Bertz CT molecular complexity index is 507. The van der Waals surface area contributed by atoms with Crippen LogP contribution in [0.5, 0.6) is 0 Å². The van der Waals surface area contributed by atoms with Gasteiger partial charge in [-0.15, -0.1) is 0 Å². The number of halogens is 4. The van der Waals surface area contributed by atoms with E-state index in [9.17, 15) is 22.4 Å². The summed E-state index contributed by atoms with van der Waals surface area (Å²) >= 11 is 0. The molecule has 0 aromatic heterocycles. The number of benzene rings is 1. The van der Waals surface area contributed by atoms with Crippen LogP contribution in [-0.4, -0.2) is 42.8 Å². The van der Waals surface area contributed by atoms with E-state index in [1.54, 1.807) is 0 Å². The second kappa shape index (κ2) is 6.75. The van der Waals surface area contributed by atoms with Crippen LogP contribution in [0.1, 0.15) is 23.2 Å². The number of carbonyl (C=O) groups excluding carboxylic acids is 1. The van der Waals surface area contributed by atoms with Crippen LogP contribution in [0, 0.1) is 11.7 Å². The monoisotopic (exact) mass is 320 g/mol. The number of hydrogen-bond donors (Lipinski definition) is 2. The Labute approximate surface area is 125 Å². The Balaban J connectivity index is 1.87. The van der Waals surface area contributed by atoms with Gasteiger partial charge in [0.2, 0.25) is 0 Å². The van der Waals surface area contributed by atoms with Gasteiger partial charge in [-0.3, -0.25) is 4.79 Å². The first-order valence-corrected chi connectivity index (χ1v) is 7.15. The van der Waals surface area contributed by atoms with Crippen molar-refractivity contribution >= 4 is 5.78 Å². The summed E-state index contributed by atoms with van der Waals surface area (Å²) in [4.78, 5) is 12.9.